The van der Waals surface area contributed by atoms with E-state index in [0.717, 1.165) is 0 Å². The molecule has 2 aromatic rings. The number of hydrogen-bond donors (Lipinski definition) is 2. The van der Waals surface area contributed by atoms with E-state index in [-0.39, 0.29) is 17.8 Å². The molecule has 1 aromatic heterocycles. The largest absolute Gasteiger partial charge is 0.439 e. The fourth-order valence-corrected chi connectivity index (χ4v) is 2.55. The number of halogens is 1. The van der Waals surface area contributed by atoms with Crippen LogP contribution >= 0.6 is 0 Å². The number of urea groups is 1. The lowest BCUT2D eigenvalue weighted by Crippen LogP contribution is -2.34. The highest BCUT2D eigenvalue weighted by Crippen LogP contribution is 2.22. The van der Waals surface area contributed by atoms with E-state index in [1.807, 2.05) is 0 Å². The lowest BCUT2D eigenvalue weighted by molar-refractivity contribution is -0.121. The molecular weight excluding hydrogens is 327 g/mol. The molecule has 0 aliphatic carbocycles. The number of anilines is 1. The Labute approximate surface area is 143 Å². The van der Waals surface area contributed by atoms with Gasteiger partial charge in [0.2, 0.25) is 11.8 Å². The van der Waals surface area contributed by atoms with Crippen molar-refractivity contribution >= 4 is 17.6 Å². The second-order valence-corrected chi connectivity index (χ2v) is 5.71. The van der Waals surface area contributed by atoms with Gasteiger partial charge in [-0.3, -0.25) is 4.79 Å². The Kier molecular flexibility index (Phi) is 4.78. The van der Waals surface area contributed by atoms with E-state index < -0.39 is 11.7 Å². The van der Waals surface area contributed by atoms with E-state index >= 15 is 0 Å². The second kappa shape index (κ2) is 7.16. The van der Waals surface area contributed by atoms with Crippen molar-refractivity contribution in [2.45, 2.75) is 6.42 Å². The van der Waals surface area contributed by atoms with E-state index in [4.69, 9.17) is 10.5 Å². The maximum atomic E-state index is 13.1. The molecule has 1 aliphatic heterocycles. The minimum atomic E-state index is -0.402. The molecule has 1 fully saturated rings. The summed E-state index contributed by atoms with van der Waals surface area (Å²) in [7, 11) is 0. The number of aromatic nitrogens is 1. The molecule has 1 saturated heterocycles. The van der Waals surface area contributed by atoms with Crippen LogP contribution < -0.4 is 15.8 Å². The summed E-state index contributed by atoms with van der Waals surface area (Å²) in [6.45, 7) is 0.795. The standard InChI is InChI=1S/C17H17FN4O3/c18-12-2-1-3-14(8-12)25-15-5-4-13(9-20-15)21-17(24)22-7-6-11(10-22)16(19)23/h1-5,8-9,11H,6-7,10H2,(H2,19,23)(H,21,24)/t11-/m1/s1. The van der Waals surface area contributed by atoms with Gasteiger partial charge >= 0.3 is 6.03 Å². The van der Waals surface area contributed by atoms with E-state index in [1.165, 1.54) is 29.3 Å². The summed E-state index contributed by atoms with van der Waals surface area (Å²) in [5.74, 6) is -0.486. The Balaban J connectivity index is 1.57. The predicted octanol–water partition coefficient (Wildman–Crippen LogP) is 2.35. The minimum absolute atomic E-state index is 0.276. The first kappa shape index (κ1) is 16.7. The maximum absolute atomic E-state index is 13.1. The maximum Gasteiger partial charge on any atom is 0.321 e. The molecular formula is C17H17FN4O3. The molecule has 3 rings (SSSR count). The van der Waals surface area contributed by atoms with Gasteiger partial charge in [-0.1, -0.05) is 6.07 Å². The fourth-order valence-electron chi connectivity index (χ4n) is 2.55. The van der Waals surface area contributed by atoms with Crippen molar-refractivity contribution < 1.29 is 18.7 Å². The normalized spacial score (nSPS) is 16.5. The summed E-state index contributed by atoms with van der Waals surface area (Å²) >= 11 is 0. The number of rotatable bonds is 4. The Morgan fingerprint density at radius 3 is 2.80 bits per heavy atom. The molecule has 0 radical (unpaired) electrons. The molecule has 1 aliphatic rings. The van der Waals surface area contributed by atoms with Crippen LogP contribution in [0.25, 0.3) is 0 Å². The van der Waals surface area contributed by atoms with Crippen LogP contribution in [0.4, 0.5) is 14.9 Å². The van der Waals surface area contributed by atoms with Crippen molar-refractivity contribution in [3.05, 3.63) is 48.4 Å². The van der Waals surface area contributed by atoms with Gasteiger partial charge in [-0.05, 0) is 24.6 Å². The number of likely N-dealkylation sites (tertiary alicyclic amines) is 1. The van der Waals surface area contributed by atoms with Gasteiger partial charge in [0.25, 0.3) is 0 Å². The number of carbonyl (C=O) groups is 2. The smallest absolute Gasteiger partial charge is 0.321 e. The van der Waals surface area contributed by atoms with Crippen molar-refractivity contribution in [2.75, 3.05) is 18.4 Å². The summed E-state index contributed by atoms with van der Waals surface area (Å²) in [5, 5.41) is 2.70. The summed E-state index contributed by atoms with van der Waals surface area (Å²) in [6, 6.07) is 8.60. The van der Waals surface area contributed by atoms with Crippen LogP contribution in [0.1, 0.15) is 6.42 Å². The van der Waals surface area contributed by atoms with Gasteiger partial charge in [0.15, 0.2) is 0 Å². The van der Waals surface area contributed by atoms with Gasteiger partial charge in [-0.25, -0.2) is 14.2 Å². The van der Waals surface area contributed by atoms with Crippen LogP contribution in [0.2, 0.25) is 0 Å². The molecule has 2 heterocycles. The van der Waals surface area contributed by atoms with Crippen LogP contribution in [-0.2, 0) is 4.79 Å². The number of nitrogens with zero attached hydrogens (tertiary/aromatic N) is 2. The van der Waals surface area contributed by atoms with E-state index in [2.05, 4.69) is 10.3 Å². The summed E-state index contributed by atoms with van der Waals surface area (Å²) in [6.07, 6.45) is 2.01. The molecule has 0 bridgehead atoms. The van der Waals surface area contributed by atoms with Gasteiger partial charge in [0.1, 0.15) is 11.6 Å². The average Bonchev–Trinajstić information content (AvgIpc) is 3.07. The highest BCUT2D eigenvalue weighted by molar-refractivity contribution is 5.90. The Bertz CT molecular complexity index is 782. The quantitative estimate of drug-likeness (QED) is 0.889. The zero-order valence-corrected chi connectivity index (χ0v) is 13.3. The number of nitrogens with two attached hydrogens (primary N) is 1. The molecule has 1 atom stereocenters. The van der Waals surface area contributed by atoms with Gasteiger partial charge < -0.3 is 20.7 Å². The van der Waals surface area contributed by atoms with Crippen molar-refractivity contribution in [3.63, 3.8) is 0 Å². The Morgan fingerprint density at radius 1 is 1.32 bits per heavy atom. The molecule has 0 spiro atoms. The first-order valence-corrected chi connectivity index (χ1v) is 7.76. The van der Waals surface area contributed by atoms with Crippen molar-refractivity contribution in [3.8, 4) is 11.6 Å². The molecule has 1 aromatic carbocycles. The SMILES string of the molecule is NC(=O)[C@@H]1CCN(C(=O)Nc2ccc(Oc3cccc(F)c3)nc2)C1. The molecule has 3 N–H and O–H groups in total. The van der Waals surface area contributed by atoms with Crippen LogP contribution in [-0.4, -0.2) is 34.9 Å². The molecule has 7 nitrogen and oxygen atoms in total. The number of nitrogens with one attached hydrogen (secondary N) is 1. The number of carbonyl (C=O) groups excluding carboxylic acids is 2. The van der Waals surface area contributed by atoms with Crippen LogP contribution in [0, 0.1) is 11.7 Å². The average molecular weight is 344 g/mol. The molecule has 0 unspecified atom stereocenters. The highest BCUT2D eigenvalue weighted by Gasteiger charge is 2.29. The number of hydrogen-bond acceptors (Lipinski definition) is 4. The number of pyridine rings is 1. The van der Waals surface area contributed by atoms with Gasteiger partial charge in [-0.2, -0.15) is 0 Å². The van der Waals surface area contributed by atoms with Crippen molar-refractivity contribution in [2.24, 2.45) is 11.7 Å². The van der Waals surface area contributed by atoms with Crippen LogP contribution in [0.3, 0.4) is 0 Å². The highest BCUT2D eigenvalue weighted by atomic mass is 19.1. The Hall–Kier alpha value is -3.16. The molecule has 130 valence electrons. The second-order valence-electron chi connectivity index (χ2n) is 5.71. The number of amides is 3. The first-order valence-electron chi connectivity index (χ1n) is 7.76. The van der Waals surface area contributed by atoms with E-state index in [1.54, 1.807) is 18.2 Å². The zero-order valence-electron chi connectivity index (χ0n) is 13.3. The molecule has 25 heavy (non-hydrogen) atoms. The van der Waals surface area contributed by atoms with Crippen LogP contribution in [0.15, 0.2) is 42.6 Å². The lowest BCUT2D eigenvalue weighted by atomic mass is 10.1. The monoisotopic (exact) mass is 344 g/mol. The number of benzene rings is 1. The Morgan fingerprint density at radius 2 is 2.16 bits per heavy atom. The zero-order chi connectivity index (χ0) is 17.8. The minimum Gasteiger partial charge on any atom is -0.439 e. The summed E-state index contributed by atoms with van der Waals surface area (Å²) < 4.78 is 18.6. The van der Waals surface area contributed by atoms with E-state index in [9.17, 15) is 14.0 Å². The van der Waals surface area contributed by atoms with E-state index in [0.29, 0.717) is 30.9 Å². The molecule has 8 heteroatoms. The first-order chi connectivity index (χ1) is 12.0. The fraction of sp³-hybridized carbons (Fsp3) is 0.235. The number of ether oxygens (including phenoxy) is 1. The van der Waals surface area contributed by atoms with Crippen molar-refractivity contribution in [1.82, 2.24) is 9.88 Å². The topological polar surface area (TPSA) is 97.6 Å². The third kappa shape index (κ3) is 4.23. The predicted molar refractivity (Wildman–Crippen MR) is 88.6 cm³/mol. The van der Waals surface area contributed by atoms with Crippen molar-refractivity contribution in [1.29, 1.82) is 0 Å². The third-order valence-corrected chi connectivity index (χ3v) is 3.88. The lowest BCUT2D eigenvalue weighted by Gasteiger charge is -2.16. The third-order valence-electron chi connectivity index (χ3n) is 3.88. The summed E-state index contributed by atoms with van der Waals surface area (Å²) in [4.78, 5) is 28.9. The van der Waals surface area contributed by atoms with Gasteiger partial charge in [-0.15, -0.1) is 0 Å². The molecule has 3 amide bonds. The number of primary amides is 1. The van der Waals surface area contributed by atoms with Gasteiger partial charge in [0.05, 0.1) is 17.8 Å². The van der Waals surface area contributed by atoms with Crippen LogP contribution in [0.5, 0.6) is 11.6 Å². The summed E-state index contributed by atoms with van der Waals surface area (Å²) in [5.41, 5.74) is 5.74. The molecule has 0 saturated carbocycles. The van der Waals surface area contributed by atoms with Gasteiger partial charge in [0, 0.05) is 25.2 Å².